The van der Waals surface area contributed by atoms with Gasteiger partial charge in [-0.2, -0.15) is 0 Å². The van der Waals surface area contributed by atoms with E-state index in [1.807, 2.05) is 39.1 Å². The largest absolute Gasteiger partial charge is 0.388 e. The number of nitrogens with one attached hydrogen (secondary N) is 1. The minimum absolute atomic E-state index is 0.00179. The monoisotopic (exact) mass is 294 g/mol. The predicted octanol–water partition coefficient (Wildman–Crippen LogP) is 2.16. The fourth-order valence-electron chi connectivity index (χ4n) is 2.29. The summed E-state index contributed by atoms with van der Waals surface area (Å²) in [7, 11) is 5.15. The van der Waals surface area contributed by atoms with Crippen LogP contribution < -0.4 is 5.32 Å². The lowest BCUT2D eigenvalue weighted by molar-refractivity contribution is 0.0479. The Kier molecular flexibility index (Phi) is 7.19. The van der Waals surface area contributed by atoms with Gasteiger partial charge < -0.3 is 19.7 Å². The highest BCUT2D eigenvalue weighted by Gasteiger charge is 2.21. The highest BCUT2D eigenvalue weighted by molar-refractivity contribution is 5.95. The van der Waals surface area contributed by atoms with Crippen LogP contribution in [-0.2, 0) is 9.47 Å². The van der Waals surface area contributed by atoms with Crippen LogP contribution in [0.1, 0.15) is 22.8 Å². The van der Waals surface area contributed by atoms with E-state index in [-0.39, 0.29) is 11.9 Å². The first kappa shape index (κ1) is 17.5. The summed E-state index contributed by atoms with van der Waals surface area (Å²) in [6.07, 6.45) is 0. The normalized spacial score (nSPS) is 12.0. The van der Waals surface area contributed by atoms with E-state index < -0.39 is 0 Å². The van der Waals surface area contributed by atoms with E-state index in [1.54, 1.807) is 19.1 Å². The first-order chi connectivity index (χ1) is 10.0. The van der Waals surface area contributed by atoms with Crippen molar-refractivity contribution in [3.05, 3.63) is 29.3 Å². The van der Waals surface area contributed by atoms with Crippen molar-refractivity contribution < 1.29 is 14.3 Å². The number of hydrogen-bond acceptors (Lipinski definition) is 4. The maximum Gasteiger partial charge on any atom is 0.254 e. The molecule has 0 aromatic heterocycles. The maximum absolute atomic E-state index is 12.7. The van der Waals surface area contributed by atoms with Crippen molar-refractivity contribution in [2.45, 2.75) is 19.9 Å². The van der Waals surface area contributed by atoms with Crippen molar-refractivity contribution in [1.82, 2.24) is 4.90 Å². The molecule has 1 N–H and O–H groups in total. The average Bonchev–Trinajstić information content (AvgIpc) is 2.47. The Morgan fingerprint density at radius 1 is 1.33 bits per heavy atom. The second kappa shape index (κ2) is 8.64. The van der Waals surface area contributed by atoms with E-state index in [4.69, 9.17) is 9.47 Å². The molecule has 21 heavy (non-hydrogen) atoms. The molecule has 118 valence electrons. The summed E-state index contributed by atoms with van der Waals surface area (Å²) in [4.78, 5) is 14.5. The minimum Gasteiger partial charge on any atom is -0.388 e. The van der Waals surface area contributed by atoms with Crippen LogP contribution >= 0.6 is 0 Å². The van der Waals surface area contributed by atoms with Crippen molar-refractivity contribution in [3.63, 3.8) is 0 Å². The number of anilines is 1. The van der Waals surface area contributed by atoms with Gasteiger partial charge in [-0.15, -0.1) is 0 Å². The van der Waals surface area contributed by atoms with Crippen molar-refractivity contribution in [3.8, 4) is 0 Å². The Morgan fingerprint density at radius 3 is 2.57 bits per heavy atom. The van der Waals surface area contributed by atoms with Crippen LogP contribution in [-0.4, -0.2) is 57.9 Å². The van der Waals surface area contributed by atoms with Crippen molar-refractivity contribution in [1.29, 1.82) is 0 Å². The van der Waals surface area contributed by atoms with Gasteiger partial charge in [-0.25, -0.2) is 0 Å². The molecule has 0 aliphatic carbocycles. The van der Waals surface area contributed by atoms with Gasteiger partial charge in [0, 0.05) is 39.1 Å². The molecule has 1 unspecified atom stereocenters. The molecule has 1 aromatic rings. The number of benzene rings is 1. The molecule has 0 saturated heterocycles. The lowest BCUT2D eigenvalue weighted by atomic mass is 10.1. The summed E-state index contributed by atoms with van der Waals surface area (Å²) in [5.41, 5.74) is 2.76. The quantitative estimate of drug-likeness (QED) is 0.798. The Balaban J connectivity index is 2.95. The maximum atomic E-state index is 12.7. The number of nitrogens with zero attached hydrogens (tertiary/aromatic N) is 1. The van der Waals surface area contributed by atoms with Crippen LogP contribution in [0.3, 0.4) is 0 Å². The molecule has 0 aliphatic rings. The van der Waals surface area contributed by atoms with Gasteiger partial charge in [0.15, 0.2) is 0 Å². The van der Waals surface area contributed by atoms with Gasteiger partial charge in [0.05, 0.1) is 19.3 Å². The van der Waals surface area contributed by atoms with Crippen LogP contribution in [0.25, 0.3) is 0 Å². The molecule has 1 aromatic carbocycles. The van der Waals surface area contributed by atoms with Crippen LogP contribution in [0.15, 0.2) is 18.2 Å². The molecule has 5 nitrogen and oxygen atoms in total. The SMILES string of the molecule is CNc1ccc(C(=O)N(CCOC)C(C)COC)cc1C. The molecule has 0 aliphatic heterocycles. The zero-order valence-corrected chi connectivity index (χ0v) is 13.6. The smallest absolute Gasteiger partial charge is 0.254 e. The fraction of sp³-hybridized carbons (Fsp3) is 0.562. The van der Waals surface area contributed by atoms with E-state index in [9.17, 15) is 4.79 Å². The Bertz CT molecular complexity index is 463. The van der Waals surface area contributed by atoms with Crippen molar-refractivity contribution in [2.75, 3.05) is 46.3 Å². The van der Waals surface area contributed by atoms with E-state index in [0.29, 0.717) is 25.3 Å². The third-order valence-electron chi connectivity index (χ3n) is 3.48. The van der Waals surface area contributed by atoms with Gasteiger partial charge in [-0.05, 0) is 37.6 Å². The van der Waals surface area contributed by atoms with Gasteiger partial charge in [0.2, 0.25) is 0 Å². The number of hydrogen-bond donors (Lipinski definition) is 1. The summed E-state index contributed by atoms with van der Waals surface area (Å²) in [5.74, 6) is 0.00218. The Morgan fingerprint density at radius 2 is 2.05 bits per heavy atom. The summed E-state index contributed by atoms with van der Waals surface area (Å²) < 4.78 is 10.3. The van der Waals surface area contributed by atoms with Crippen LogP contribution in [0.2, 0.25) is 0 Å². The van der Waals surface area contributed by atoms with Crippen molar-refractivity contribution >= 4 is 11.6 Å². The highest BCUT2D eigenvalue weighted by atomic mass is 16.5. The third kappa shape index (κ3) is 4.72. The Hall–Kier alpha value is -1.59. The first-order valence-electron chi connectivity index (χ1n) is 7.12. The highest BCUT2D eigenvalue weighted by Crippen LogP contribution is 2.18. The number of rotatable bonds is 8. The molecule has 0 saturated carbocycles. The van der Waals surface area contributed by atoms with Crippen LogP contribution in [0.4, 0.5) is 5.69 Å². The molecule has 0 fully saturated rings. The molecular weight excluding hydrogens is 268 g/mol. The number of aryl methyl sites for hydroxylation is 1. The average molecular weight is 294 g/mol. The first-order valence-corrected chi connectivity index (χ1v) is 7.12. The second-order valence-electron chi connectivity index (χ2n) is 5.08. The van der Waals surface area contributed by atoms with E-state index in [0.717, 1.165) is 11.3 Å². The lowest BCUT2D eigenvalue weighted by Gasteiger charge is -2.29. The minimum atomic E-state index is 0.00179. The molecule has 1 atom stereocenters. The molecule has 0 bridgehead atoms. The summed E-state index contributed by atoms with van der Waals surface area (Å²) in [6, 6.07) is 5.69. The molecule has 1 rings (SSSR count). The van der Waals surface area contributed by atoms with Gasteiger partial charge in [0.25, 0.3) is 5.91 Å². The summed E-state index contributed by atoms with van der Waals surface area (Å²) >= 11 is 0. The van der Waals surface area contributed by atoms with Gasteiger partial charge in [-0.3, -0.25) is 4.79 Å². The van der Waals surface area contributed by atoms with E-state index in [1.165, 1.54) is 0 Å². The van der Waals surface area contributed by atoms with Crippen LogP contribution in [0, 0.1) is 6.92 Å². The second-order valence-corrected chi connectivity index (χ2v) is 5.08. The van der Waals surface area contributed by atoms with E-state index >= 15 is 0 Å². The fourth-order valence-corrected chi connectivity index (χ4v) is 2.29. The Labute approximate surface area is 127 Å². The number of amides is 1. The molecule has 0 radical (unpaired) electrons. The lowest BCUT2D eigenvalue weighted by Crippen LogP contribution is -2.43. The van der Waals surface area contributed by atoms with Crippen molar-refractivity contribution in [2.24, 2.45) is 0 Å². The molecule has 1 amide bonds. The van der Waals surface area contributed by atoms with E-state index in [2.05, 4.69) is 5.32 Å². The topological polar surface area (TPSA) is 50.8 Å². The molecule has 0 heterocycles. The summed E-state index contributed by atoms with van der Waals surface area (Å²) in [6.45, 7) is 5.52. The van der Waals surface area contributed by atoms with Gasteiger partial charge >= 0.3 is 0 Å². The third-order valence-corrected chi connectivity index (χ3v) is 3.48. The molecule has 5 heteroatoms. The predicted molar refractivity (Wildman–Crippen MR) is 85.0 cm³/mol. The number of carbonyl (C=O) groups excluding carboxylic acids is 1. The zero-order valence-electron chi connectivity index (χ0n) is 13.6. The summed E-state index contributed by atoms with van der Waals surface area (Å²) in [5, 5.41) is 3.10. The van der Waals surface area contributed by atoms with Crippen LogP contribution in [0.5, 0.6) is 0 Å². The number of methoxy groups -OCH3 is 2. The number of ether oxygens (including phenoxy) is 2. The standard InChI is InChI=1S/C16H26N2O3/c1-12-10-14(6-7-15(12)17-3)16(19)18(8-9-20-4)13(2)11-21-5/h6-7,10,13,17H,8-9,11H2,1-5H3. The molecule has 0 spiro atoms. The van der Waals surface area contributed by atoms with Gasteiger partial charge in [-0.1, -0.05) is 0 Å². The van der Waals surface area contributed by atoms with Gasteiger partial charge in [0.1, 0.15) is 0 Å². The number of carbonyl (C=O) groups is 1. The molecular formula is C16H26N2O3. The zero-order chi connectivity index (χ0) is 15.8.